The number of hydrogen-bond donors (Lipinski definition) is 1. The van der Waals surface area contributed by atoms with Gasteiger partial charge in [0.1, 0.15) is 12.4 Å². The minimum atomic E-state index is 0.243. The number of pyridine rings is 1. The molecule has 1 N–H and O–H groups in total. The molecule has 6 nitrogen and oxygen atoms in total. The van der Waals surface area contributed by atoms with Crippen LogP contribution in [0.3, 0.4) is 0 Å². The van der Waals surface area contributed by atoms with Gasteiger partial charge in [0, 0.05) is 19.3 Å². The van der Waals surface area contributed by atoms with Gasteiger partial charge >= 0.3 is 0 Å². The summed E-state index contributed by atoms with van der Waals surface area (Å²) < 4.78 is 13.1. The fourth-order valence-electron chi connectivity index (χ4n) is 2.90. The molecule has 1 atom stereocenters. The summed E-state index contributed by atoms with van der Waals surface area (Å²) in [5.74, 6) is 1.68. The van der Waals surface area contributed by atoms with E-state index in [1.54, 1.807) is 17.1 Å². The van der Waals surface area contributed by atoms with Crippen LogP contribution < -0.4 is 10.1 Å². The minimum Gasteiger partial charge on any atom is -0.491 e. The Bertz CT molecular complexity index is 811. The Morgan fingerprint density at radius 3 is 2.88 bits per heavy atom. The van der Waals surface area contributed by atoms with Crippen LogP contribution in [-0.2, 0) is 11.3 Å². The minimum absolute atomic E-state index is 0.243. The highest BCUT2D eigenvalue weighted by molar-refractivity contribution is 5.42. The van der Waals surface area contributed by atoms with Crippen molar-refractivity contribution in [1.82, 2.24) is 14.8 Å². The number of benzene rings is 1. The zero-order valence-electron chi connectivity index (χ0n) is 14.5. The van der Waals surface area contributed by atoms with Gasteiger partial charge in [-0.15, -0.1) is 0 Å². The zero-order valence-corrected chi connectivity index (χ0v) is 14.5. The number of nitrogens with one attached hydrogen (secondary N) is 1. The molecule has 1 saturated heterocycles. The average Bonchev–Trinajstić information content (AvgIpc) is 3.38. The first kappa shape index (κ1) is 16.6. The van der Waals surface area contributed by atoms with Gasteiger partial charge in [-0.05, 0) is 42.7 Å². The van der Waals surface area contributed by atoms with Crippen LogP contribution in [0.25, 0.3) is 5.82 Å². The Labute approximate surface area is 152 Å². The van der Waals surface area contributed by atoms with Gasteiger partial charge in [0.15, 0.2) is 5.82 Å². The highest BCUT2D eigenvalue weighted by Gasteiger charge is 2.15. The molecule has 0 spiro atoms. The third kappa shape index (κ3) is 4.21. The lowest BCUT2D eigenvalue weighted by atomic mass is 10.2. The van der Waals surface area contributed by atoms with Crippen molar-refractivity contribution in [3.63, 3.8) is 0 Å². The summed E-state index contributed by atoms with van der Waals surface area (Å²) in [6.45, 7) is 2.21. The third-order valence-electron chi connectivity index (χ3n) is 4.35. The molecule has 1 aliphatic heterocycles. The summed E-state index contributed by atoms with van der Waals surface area (Å²) in [5, 5.41) is 7.71. The molecule has 1 aliphatic rings. The predicted molar refractivity (Wildman–Crippen MR) is 99.6 cm³/mol. The fourth-order valence-corrected chi connectivity index (χ4v) is 2.90. The van der Waals surface area contributed by atoms with Crippen molar-refractivity contribution in [2.24, 2.45) is 0 Å². The van der Waals surface area contributed by atoms with Crippen LogP contribution in [0.2, 0.25) is 0 Å². The summed E-state index contributed by atoms with van der Waals surface area (Å²) in [6, 6.07) is 13.9. The van der Waals surface area contributed by atoms with E-state index < -0.39 is 0 Å². The van der Waals surface area contributed by atoms with Crippen LogP contribution in [-0.4, -0.2) is 34.1 Å². The largest absolute Gasteiger partial charge is 0.491 e. The Balaban J connectivity index is 1.28. The molecule has 0 radical (unpaired) electrons. The lowest BCUT2D eigenvalue weighted by molar-refractivity contribution is 0.0679. The first-order valence-electron chi connectivity index (χ1n) is 8.90. The highest BCUT2D eigenvalue weighted by atomic mass is 16.5. The van der Waals surface area contributed by atoms with Crippen molar-refractivity contribution in [2.75, 3.05) is 18.5 Å². The summed E-state index contributed by atoms with van der Waals surface area (Å²) in [7, 11) is 0. The fraction of sp³-hybridized carbons (Fsp3) is 0.300. The standard InChI is InChI=1S/C20H22N4O2/c1-2-10-21-20(5-1)24-14-17(13-23-24)22-12-16-6-8-18(9-7-16)26-15-19-4-3-11-25-19/h1-2,5-10,13-14,19,22H,3-4,11-12,15H2. The Morgan fingerprint density at radius 1 is 1.19 bits per heavy atom. The summed E-state index contributed by atoms with van der Waals surface area (Å²) in [4.78, 5) is 4.29. The van der Waals surface area contributed by atoms with Crippen molar-refractivity contribution in [1.29, 1.82) is 0 Å². The monoisotopic (exact) mass is 350 g/mol. The van der Waals surface area contributed by atoms with E-state index in [9.17, 15) is 0 Å². The molecule has 2 aromatic heterocycles. The lowest BCUT2D eigenvalue weighted by Crippen LogP contribution is -2.16. The van der Waals surface area contributed by atoms with Crippen molar-refractivity contribution < 1.29 is 9.47 Å². The SMILES string of the molecule is c1ccc(-n2cc(NCc3ccc(OCC4CCCO4)cc3)cn2)nc1. The Morgan fingerprint density at radius 2 is 2.12 bits per heavy atom. The molecule has 3 heterocycles. The molecule has 6 heteroatoms. The molecule has 4 rings (SSSR count). The summed E-state index contributed by atoms with van der Waals surface area (Å²) >= 11 is 0. The highest BCUT2D eigenvalue weighted by Crippen LogP contribution is 2.17. The van der Waals surface area contributed by atoms with Gasteiger partial charge in [-0.3, -0.25) is 0 Å². The maximum Gasteiger partial charge on any atom is 0.153 e. The van der Waals surface area contributed by atoms with Gasteiger partial charge in [0.2, 0.25) is 0 Å². The van der Waals surface area contributed by atoms with Gasteiger partial charge in [-0.1, -0.05) is 18.2 Å². The van der Waals surface area contributed by atoms with Gasteiger partial charge in [0.25, 0.3) is 0 Å². The van der Waals surface area contributed by atoms with E-state index in [0.29, 0.717) is 6.61 Å². The van der Waals surface area contributed by atoms with E-state index in [2.05, 4.69) is 27.5 Å². The molecule has 134 valence electrons. The molecular formula is C20H22N4O2. The van der Waals surface area contributed by atoms with Gasteiger partial charge < -0.3 is 14.8 Å². The molecule has 0 amide bonds. The number of anilines is 1. The molecule has 3 aromatic rings. The van der Waals surface area contributed by atoms with Crippen LogP contribution in [0, 0.1) is 0 Å². The quantitative estimate of drug-likeness (QED) is 0.707. The summed E-state index contributed by atoms with van der Waals surface area (Å²) in [5.41, 5.74) is 2.13. The zero-order chi connectivity index (χ0) is 17.6. The molecule has 1 aromatic carbocycles. The van der Waals surface area contributed by atoms with Crippen molar-refractivity contribution >= 4 is 5.69 Å². The van der Waals surface area contributed by atoms with Crippen LogP contribution in [0.4, 0.5) is 5.69 Å². The van der Waals surface area contributed by atoms with E-state index in [-0.39, 0.29) is 6.10 Å². The smallest absolute Gasteiger partial charge is 0.153 e. The first-order valence-corrected chi connectivity index (χ1v) is 8.90. The second kappa shape index (κ2) is 8.01. The third-order valence-corrected chi connectivity index (χ3v) is 4.35. The number of rotatable bonds is 7. The molecular weight excluding hydrogens is 328 g/mol. The second-order valence-corrected chi connectivity index (χ2v) is 6.31. The number of hydrogen-bond acceptors (Lipinski definition) is 5. The Kier molecular flexibility index (Phi) is 5.12. The van der Waals surface area contributed by atoms with Crippen LogP contribution >= 0.6 is 0 Å². The van der Waals surface area contributed by atoms with Crippen LogP contribution in [0.5, 0.6) is 5.75 Å². The maximum atomic E-state index is 5.79. The Hall–Kier alpha value is -2.86. The van der Waals surface area contributed by atoms with Crippen LogP contribution in [0.15, 0.2) is 61.1 Å². The van der Waals surface area contributed by atoms with E-state index in [4.69, 9.17) is 9.47 Å². The van der Waals surface area contributed by atoms with Gasteiger partial charge in [0.05, 0.1) is 24.2 Å². The maximum absolute atomic E-state index is 5.79. The number of nitrogens with zero attached hydrogens (tertiary/aromatic N) is 3. The molecule has 1 unspecified atom stereocenters. The normalized spacial score (nSPS) is 16.5. The van der Waals surface area contributed by atoms with E-state index >= 15 is 0 Å². The van der Waals surface area contributed by atoms with Crippen molar-refractivity contribution in [3.8, 4) is 11.6 Å². The van der Waals surface area contributed by atoms with Gasteiger partial charge in [-0.2, -0.15) is 5.10 Å². The molecule has 26 heavy (non-hydrogen) atoms. The molecule has 0 saturated carbocycles. The number of aromatic nitrogens is 3. The topological polar surface area (TPSA) is 61.2 Å². The molecule has 0 bridgehead atoms. The van der Waals surface area contributed by atoms with Crippen LogP contribution in [0.1, 0.15) is 18.4 Å². The predicted octanol–water partition coefficient (Wildman–Crippen LogP) is 3.44. The number of ether oxygens (including phenoxy) is 2. The van der Waals surface area contributed by atoms with E-state index in [1.807, 2.05) is 36.5 Å². The molecule has 0 aliphatic carbocycles. The average molecular weight is 350 g/mol. The van der Waals surface area contributed by atoms with Gasteiger partial charge in [-0.25, -0.2) is 9.67 Å². The van der Waals surface area contributed by atoms with E-state index in [0.717, 1.165) is 43.2 Å². The van der Waals surface area contributed by atoms with Crippen molar-refractivity contribution in [3.05, 3.63) is 66.6 Å². The lowest BCUT2D eigenvalue weighted by Gasteiger charge is -2.12. The van der Waals surface area contributed by atoms with Crippen molar-refractivity contribution in [2.45, 2.75) is 25.5 Å². The molecule has 1 fully saturated rings. The second-order valence-electron chi connectivity index (χ2n) is 6.31. The summed E-state index contributed by atoms with van der Waals surface area (Å²) in [6.07, 6.45) is 7.96. The van der Waals surface area contributed by atoms with E-state index in [1.165, 1.54) is 5.56 Å². The first-order chi connectivity index (χ1) is 12.9.